The molecule has 0 aromatic heterocycles. The fourth-order valence-electron chi connectivity index (χ4n) is 2.97. The van der Waals surface area contributed by atoms with Gasteiger partial charge in [0.25, 0.3) is 0 Å². The normalized spacial score (nSPS) is 10.7. The molecule has 0 spiro atoms. The Balaban J connectivity index is 1.87. The van der Waals surface area contributed by atoms with Gasteiger partial charge in [-0.1, -0.05) is 66.7 Å². The lowest BCUT2D eigenvalue weighted by Gasteiger charge is -2.19. The van der Waals surface area contributed by atoms with Crippen LogP contribution in [0.5, 0.6) is 0 Å². The van der Waals surface area contributed by atoms with Crippen LogP contribution in [-0.4, -0.2) is 28.3 Å². The summed E-state index contributed by atoms with van der Waals surface area (Å²) in [6, 6.07) is 25.1. The van der Waals surface area contributed by atoms with Crippen LogP contribution in [0.2, 0.25) is 0 Å². The van der Waals surface area contributed by atoms with E-state index in [4.69, 9.17) is 5.11 Å². The molecule has 3 aromatic rings. The molecular formula is C22H19O4P. The minimum Gasteiger partial charge on any atom is -0.478 e. The van der Waals surface area contributed by atoms with Crippen molar-refractivity contribution in [3.05, 3.63) is 95.6 Å². The molecular weight excluding hydrogens is 359 g/mol. The minimum atomic E-state index is -1.23. The lowest BCUT2D eigenvalue weighted by atomic mass is 10.0. The van der Waals surface area contributed by atoms with Crippen molar-refractivity contribution in [1.29, 1.82) is 0 Å². The predicted octanol–water partition coefficient (Wildman–Crippen LogP) is 3.76. The second-order valence-electron chi connectivity index (χ2n) is 6.06. The average molecular weight is 378 g/mol. The number of benzene rings is 3. The largest absolute Gasteiger partial charge is 0.478 e. The third-order valence-electron chi connectivity index (χ3n) is 4.30. The summed E-state index contributed by atoms with van der Waals surface area (Å²) in [7, 11) is -0.583. The predicted molar refractivity (Wildman–Crippen MR) is 108 cm³/mol. The van der Waals surface area contributed by atoms with E-state index in [-0.39, 0.29) is 11.1 Å². The van der Waals surface area contributed by atoms with Crippen LogP contribution in [0.3, 0.4) is 0 Å². The van der Waals surface area contributed by atoms with E-state index in [0.717, 1.165) is 11.7 Å². The summed E-state index contributed by atoms with van der Waals surface area (Å²) in [5.74, 6) is -2.45. The molecule has 2 N–H and O–H groups in total. The van der Waals surface area contributed by atoms with Crippen molar-refractivity contribution in [2.75, 3.05) is 6.16 Å². The Morgan fingerprint density at radius 3 is 1.70 bits per heavy atom. The Bertz CT molecular complexity index is 900. The van der Waals surface area contributed by atoms with E-state index in [1.165, 1.54) is 22.7 Å². The van der Waals surface area contributed by atoms with Crippen molar-refractivity contribution < 1.29 is 19.8 Å². The molecule has 0 radical (unpaired) electrons. The molecule has 0 aliphatic carbocycles. The number of aryl methyl sites for hydroxylation is 1. The minimum absolute atomic E-state index is 0.163. The topological polar surface area (TPSA) is 74.6 Å². The first-order valence-corrected chi connectivity index (χ1v) is 10.1. The quantitative estimate of drug-likeness (QED) is 0.614. The fourth-order valence-corrected chi connectivity index (χ4v) is 5.33. The molecule has 0 atom stereocenters. The van der Waals surface area contributed by atoms with Crippen LogP contribution in [0.25, 0.3) is 0 Å². The number of carbonyl (C=O) groups is 2. The zero-order valence-corrected chi connectivity index (χ0v) is 15.5. The summed E-state index contributed by atoms with van der Waals surface area (Å²) in [5, 5.41) is 21.0. The van der Waals surface area contributed by atoms with E-state index in [1.807, 2.05) is 36.4 Å². The van der Waals surface area contributed by atoms with Gasteiger partial charge in [-0.25, -0.2) is 9.59 Å². The molecule has 0 saturated carbocycles. The second kappa shape index (κ2) is 8.61. The first kappa shape index (κ1) is 18.8. The van der Waals surface area contributed by atoms with Gasteiger partial charge in [-0.05, 0) is 48.8 Å². The summed E-state index contributed by atoms with van der Waals surface area (Å²) < 4.78 is 0. The van der Waals surface area contributed by atoms with Crippen LogP contribution in [0.1, 0.15) is 26.3 Å². The van der Waals surface area contributed by atoms with Crippen LogP contribution < -0.4 is 10.6 Å². The Labute approximate surface area is 158 Å². The molecule has 0 bridgehead atoms. The SMILES string of the molecule is O=C(O)c1ccc(CCP(c2ccccc2)c2ccccc2)cc1C(=O)O. The number of hydrogen-bond acceptors (Lipinski definition) is 2. The molecule has 5 heteroatoms. The summed E-state index contributed by atoms with van der Waals surface area (Å²) in [6.45, 7) is 0. The molecule has 4 nitrogen and oxygen atoms in total. The van der Waals surface area contributed by atoms with Crippen molar-refractivity contribution in [3.63, 3.8) is 0 Å². The van der Waals surface area contributed by atoms with E-state index in [2.05, 4.69) is 24.3 Å². The number of aromatic carboxylic acids is 2. The van der Waals surface area contributed by atoms with Crippen LogP contribution in [0, 0.1) is 0 Å². The molecule has 0 aliphatic heterocycles. The van der Waals surface area contributed by atoms with Gasteiger partial charge in [0.05, 0.1) is 11.1 Å². The molecule has 0 heterocycles. The zero-order valence-electron chi connectivity index (χ0n) is 14.6. The lowest BCUT2D eigenvalue weighted by Crippen LogP contribution is -2.15. The molecule has 0 aliphatic rings. The van der Waals surface area contributed by atoms with Crippen molar-refractivity contribution in [1.82, 2.24) is 0 Å². The van der Waals surface area contributed by atoms with Crippen LogP contribution in [0.4, 0.5) is 0 Å². The molecule has 136 valence electrons. The maximum absolute atomic E-state index is 11.4. The van der Waals surface area contributed by atoms with Crippen LogP contribution in [0.15, 0.2) is 78.9 Å². The summed E-state index contributed by atoms with van der Waals surface area (Å²) in [5.41, 5.74) is 0.486. The van der Waals surface area contributed by atoms with Crippen molar-refractivity contribution >= 4 is 30.5 Å². The summed E-state index contributed by atoms with van der Waals surface area (Å²) in [6.07, 6.45) is 1.53. The maximum atomic E-state index is 11.4. The van der Waals surface area contributed by atoms with Gasteiger partial charge in [-0.3, -0.25) is 0 Å². The Morgan fingerprint density at radius 1 is 0.704 bits per heavy atom. The van der Waals surface area contributed by atoms with Crippen molar-refractivity contribution in [3.8, 4) is 0 Å². The van der Waals surface area contributed by atoms with E-state index in [1.54, 1.807) is 6.07 Å². The summed E-state index contributed by atoms with van der Waals surface area (Å²) >= 11 is 0. The molecule has 3 aromatic carbocycles. The van der Waals surface area contributed by atoms with E-state index < -0.39 is 19.9 Å². The first-order chi connectivity index (χ1) is 13.1. The van der Waals surface area contributed by atoms with Crippen LogP contribution >= 0.6 is 7.92 Å². The third kappa shape index (κ3) is 4.60. The van der Waals surface area contributed by atoms with Gasteiger partial charge < -0.3 is 10.2 Å². The zero-order chi connectivity index (χ0) is 19.2. The standard InChI is InChI=1S/C22H19O4P/c23-21(24)19-12-11-16(15-20(19)22(25)26)13-14-27(17-7-3-1-4-8-17)18-9-5-2-6-10-18/h1-12,15H,13-14H2,(H,23,24)(H,25,26). The van der Waals surface area contributed by atoms with Gasteiger partial charge in [0, 0.05) is 0 Å². The second-order valence-corrected chi connectivity index (χ2v) is 8.40. The van der Waals surface area contributed by atoms with E-state index >= 15 is 0 Å². The van der Waals surface area contributed by atoms with Crippen LogP contribution in [-0.2, 0) is 6.42 Å². The monoisotopic (exact) mass is 378 g/mol. The highest BCUT2D eigenvalue weighted by atomic mass is 31.1. The highest BCUT2D eigenvalue weighted by Crippen LogP contribution is 2.34. The number of rotatable bonds is 7. The van der Waals surface area contributed by atoms with Gasteiger partial charge in [0.2, 0.25) is 0 Å². The third-order valence-corrected chi connectivity index (χ3v) is 6.82. The maximum Gasteiger partial charge on any atom is 0.336 e. The Morgan fingerprint density at radius 2 is 1.22 bits per heavy atom. The van der Waals surface area contributed by atoms with Gasteiger partial charge in [0.1, 0.15) is 0 Å². The molecule has 3 rings (SSSR count). The van der Waals surface area contributed by atoms with Crippen molar-refractivity contribution in [2.45, 2.75) is 6.42 Å². The van der Waals surface area contributed by atoms with Crippen molar-refractivity contribution in [2.24, 2.45) is 0 Å². The average Bonchev–Trinajstić information content (AvgIpc) is 2.69. The molecule has 27 heavy (non-hydrogen) atoms. The first-order valence-electron chi connectivity index (χ1n) is 8.53. The molecule has 0 saturated heterocycles. The van der Waals surface area contributed by atoms with E-state index in [9.17, 15) is 14.7 Å². The fraction of sp³-hybridized carbons (Fsp3) is 0.0909. The molecule has 0 amide bonds. The summed E-state index contributed by atoms with van der Waals surface area (Å²) in [4.78, 5) is 22.6. The molecule has 0 fully saturated rings. The van der Waals surface area contributed by atoms with Gasteiger partial charge >= 0.3 is 11.9 Å². The van der Waals surface area contributed by atoms with Gasteiger partial charge in [0.15, 0.2) is 0 Å². The Kier molecular flexibility index (Phi) is 6.00. The highest BCUT2D eigenvalue weighted by Gasteiger charge is 2.18. The van der Waals surface area contributed by atoms with E-state index in [0.29, 0.717) is 6.42 Å². The Hall–Kier alpha value is -2.97. The number of hydrogen-bond donors (Lipinski definition) is 2. The lowest BCUT2D eigenvalue weighted by molar-refractivity contribution is 0.0651. The number of carboxylic acid groups (broad SMARTS) is 2. The molecule has 0 unspecified atom stereocenters. The van der Waals surface area contributed by atoms with Gasteiger partial charge in [-0.15, -0.1) is 0 Å². The van der Waals surface area contributed by atoms with Gasteiger partial charge in [-0.2, -0.15) is 0 Å². The number of carboxylic acids is 2. The highest BCUT2D eigenvalue weighted by molar-refractivity contribution is 7.73. The smallest absolute Gasteiger partial charge is 0.336 e.